The lowest BCUT2D eigenvalue weighted by Crippen LogP contribution is -2.56. The van der Waals surface area contributed by atoms with Crippen molar-refractivity contribution in [3.05, 3.63) is 23.3 Å². The first-order valence-corrected chi connectivity index (χ1v) is 11.7. The van der Waals surface area contributed by atoms with Crippen LogP contribution in [0.4, 0.5) is 0 Å². The van der Waals surface area contributed by atoms with Crippen molar-refractivity contribution in [1.29, 1.82) is 0 Å². The highest BCUT2D eigenvalue weighted by Gasteiger charge is 2.65. The Morgan fingerprint density at radius 3 is 2.63 bits per heavy atom. The summed E-state index contributed by atoms with van der Waals surface area (Å²) in [6.45, 7) is 6.92. The fraction of sp³-hybridized carbons (Fsp3) is 0.760. The summed E-state index contributed by atoms with van der Waals surface area (Å²) in [5.41, 5.74) is 1.75. The second-order valence-corrected chi connectivity index (χ2v) is 10.2. The van der Waals surface area contributed by atoms with Crippen LogP contribution in [0.3, 0.4) is 0 Å². The molecule has 164 valence electrons. The molecule has 0 aromatic rings. The molecule has 5 aliphatic rings. The molecular weight excluding hydrogens is 380 g/mol. The second kappa shape index (κ2) is 7.03. The van der Waals surface area contributed by atoms with Crippen molar-refractivity contribution in [1.82, 2.24) is 0 Å². The molecule has 0 unspecified atom stereocenters. The van der Waals surface area contributed by atoms with Gasteiger partial charge in [0.25, 0.3) is 0 Å². The van der Waals surface area contributed by atoms with Crippen LogP contribution in [0.15, 0.2) is 23.3 Å². The Kier molecular flexibility index (Phi) is 4.79. The van der Waals surface area contributed by atoms with E-state index in [1.807, 2.05) is 6.92 Å². The molecule has 5 nitrogen and oxygen atoms in total. The molecule has 1 aliphatic heterocycles. The molecule has 5 heteroatoms. The van der Waals surface area contributed by atoms with E-state index in [0.29, 0.717) is 43.8 Å². The summed E-state index contributed by atoms with van der Waals surface area (Å²) in [6, 6.07) is 0. The lowest BCUT2D eigenvalue weighted by atomic mass is 9.54. The molecule has 0 radical (unpaired) electrons. The standard InChI is InChI=1S/C25H34O5/c1-4-22(27)25(30-16(2)26)12-9-21-20-6-5-17-15-24(28-13-14-29-24)11-8-18(17)19(20)7-10-23(21,25)3/h5,7,18,20-21H,4,6,8-15H2,1-3H3/t18-,20+,21-,23-,25-/m0/s1. The van der Waals surface area contributed by atoms with E-state index in [1.165, 1.54) is 12.5 Å². The number of hydrogen-bond donors (Lipinski definition) is 0. The van der Waals surface area contributed by atoms with Gasteiger partial charge in [-0.2, -0.15) is 0 Å². The van der Waals surface area contributed by atoms with Gasteiger partial charge in [-0.25, -0.2) is 0 Å². The van der Waals surface area contributed by atoms with Crippen LogP contribution in [0.2, 0.25) is 0 Å². The third-order valence-corrected chi connectivity index (χ3v) is 8.90. The van der Waals surface area contributed by atoms with Crippen molar-refractivity contribution in [3.8, 4) is 0 Å². The Morgan fingerprint density at radius 2 is 1.93 bits per heavy atom. The van der Waals surface area contributed by atoms with Crippen LogP contribution in [0.1, 0.15) is 72.1 Å². The number of ether oxygens (including phenoxy) is 3. The lowest BCUT2D eigenvalue weighted by molar-refractivity contribution is -0.181. The predicted octanol–water partition coefficient (Wildman–Crippen LogP) is 4.50. The maximum absolute atomic E-state index is 13.1. The zero-order chi connectivity index (χ0) is 21.1. The highest BCUT2D eigenvalue weighted by Crippen LogP contribution is 2.64. The van der Waals surface area contributed by atoms with E-state index >= 15 is 0 Å². The van der Waals surface area contributed by atoms with Gasteiger partial charge in [-0.05, 0) is 43.9 Å². The highest BCUT2D eigenvalue weighted by molar-refractivity contribution is 5.91. The first-order valence-electron chi connectivity index (χ1n) is 11.7. The molecule has 4 aliphatic carbocycles. The molecule has 0 amide bonds. The van der Waals surface area contributed by atoms with E-state index in [2.05, 4.69) is 19.1 Å². The van der Waals surface area contributed by atoms with E-state index in [0.717, 1.165) is 38.5 Å². The number of allylic oxidation sites excluding steroid dienone is 3. The molecule has 3 fully saturated rings. The number of hydrogen-bond acceptors (Lipinski definition) is 5. The third kappa shape index (κ3) is 2.74. The number of esters is 1. The average molecular weight is 415 g/mol. The Morgan fingerprint density at radius 1 is 1.17 bits per heavy atom. The largest absolute Gasteiger partial charge is 0.451 e. The van der Waals surface area contributed by atoms with Gasteiger partial charge in [-0.15, -0.1) is 0 Å². The summed E-state index contributed by atoms with van der Waals surface area (Å²) in [5.74, 6) is 0.663. The molecule has 0 bridgehead atoms. The van der Waals surface area contributed by atoms with E-state index in [-0.39, 0.29) is 23.0 Å². The van der Waals surface area contributed by atoms with Gasteiger partial charge >= 0.3 is 5.97 Å². The number of rotatable bonds is 3. The van der Waals surface area contributed by atoms with Crippen LogP contribution in [-0.2, 0) is 23.8 Å². The topological polar surface area (TPSA) is 61.8 Å². The first kappa shape index (κ1) is 20.4. The maximum Gasteiger partial charge on any atom is 0.303 e. The number of fused-ring (bicyclic) bond motifs is 5. The number of carbonyl (C=O) groups is 2. The molecule has 2 saturated carbocycles. The molecule has 1 saturated heterocycles. The van der Waals surface area contributed by atoms with Crippen molar-refractivity contribution in [2.45, 2.75) is 83.5 Å². The van der Waals surface area contributed by atoms with Crippen LogP contribution in [0.5, 0.6) is 0 Å². The smallest absolute Gasteiger partial charge is 0.303 e. The Bertz CT molecular complexity index is 819. The van der Waals surface area contributed by atoms with Gasteiger partial charge in [0.05, 0.1) is 13.2 Å². The summed E-state index contributed by atoms with van der Waals surface area (Å²) < 4.78 is 17.9. The summed E-state index contributed by atoms with van der Waals surface area (Å²) >= 11 is 0. The quantitative estimate of drug-likeness (QED) is 0.502. The highest BCUT2D eigenvalue weighted by atomic mass is 16.7. The lowest BCUT2D eigenvalue weighted by Gasteiger charge is -2.52. The predicted molar refractivity (Wildman–Crippen MR) is 111 cm³/mol. The van der Waals surface area contributed by atoms with Gasteiger partial charge < -0.3 is 14.2 Å². The number of carbonyl (C=O) groups excluding carboxylic acids is 2. The fourth-order valence-corrected chi connectivity index (χ4v) is 7.54. The summed E-state index contributed by atoms with van der Waals surface area (Å²) in [4.78, 5) is 25.1. The van der Waals surface area contributed by atoms with Crippen molar-refractivity contribution in [2.24, 2.45) is 23.2 Å². The molecule has 5 atom stereocenters. The van der Waals surface area contributed by atoms with E-state index in [1.54, 1.807) is 5.57 Å². The van der Waals surface area contributed by atoms with Gasteiger partial charge in [0.2, 0.25) is 0 Å². The fourth-order valence-electron chi connectivity index (χ4n) is 7.54. The van der Waals surface area contributed by atoms with Gasteiger partial charge in [0, 0.05) is 37.5 Å². The molecule has 0 aromatic carbocycles. The van der Waals surface area contributed by atoms with Crippen LogP contribution in [0.25, 0.3) is 0 Å². The molecule has 0 aromatic heterocycles. The van der Waals surface area contributed by atoms with Gasteiger partial charge in [-0.1, -0.05) is 37.1 Å². The summed E-state index contributed by atoms with van der Waals surface area (Å²) in [5, 5.41) is 0. The summed E-state index contributed by atoms with van der Waals surface area (Å²) in [7, 11) is 0. The van der Waals surface area contributed by atoms with Crippen LogP contribution in [-0.4, -0.2) is 36.4 Å². The SMILES string of the molecule is CCC(=O)[C@@]1(OC(C)=O)CC[C@H]2[C@@H]3CC=C4CC5(CC[C@@H]4C3=CC[C@@]21C)OCCO5. The minimum absolute atomic E-state index is 0.0849. The third-order valence-electron chi connectivity index (χ3n) is 8.90. The molecular formula is C25H34O5. The number of Topliss-reactive ketones (excluding diaryl/α,β-unsaturated/α-hetero) is 1. The van der Waals surface area contributed by atoms with Gasteiger partial charge in [0.1, 0.15) is 0 Å². The molecule has 0 N–H and O–H groups in total. The van der Waals surface area contributed by atoms with Crippen LogP contribution in [0, 0.1) is 23.2 Å². The summed E-state index contributed by atoms with van der Waals surface area (Å²) in [6.07, 6.45) is 11.6. The van der Waals surface area contributed by atoms with Crippen molar-refractivity contribution in [3.63, 3.8) is 0 Å². The van der Waals surface area contributed by atoms with Crippen molar-refractivity contribution >= 4 is 11.8 Å². The van der Waals surface area contributed by atoms with Gasteiger partial charge in [-0.3, -0.25) is 9.59 Å². The second-order valence-electron chi connectivity index (χ2n) is 10.2. The van der Waals surface area contributed by atoms with Crippen molar-refractivity contribution < 1.29 is 23.8 Å². The minimum atomic E-state index is -0.966. The average Bonchev–Trinajstić information content (AvgIpc) is 3.29. The zero-order valence-corrected chi connectivity index (χ0v) is 18.5. The first-order chi connectivity index (χ1) is 14.3. The Balaban J connectivity index is 1.46. The van der Waals surface area contributed by atoms with E-state index in [4.69, 9.17) is 14.2 Å². The van der Waals surface area contributed by atoms with Crippen LogP contribution < -0.4 is 0 Å². The maximum atomic E-state index is 13.1. The van der Waals surface area contributed by atoms with Crippen LogP contribution >= 0.6 is 0 Å². The molecule has 30 heavy (non-hydrogen) atoms. The van der Waals surface area contributed by atoms with Crippen molar-refractivity contribution in [2.75, 3.05) is 13.2 Å². The minimum Gasteiger partial charge on any atom is -0.451 e. The van der Waals surface area contributed by atoms with E-state index in [9.17, 15) is 9.59 Å². The Hall–Kier alpha value is -1.46. The Labute approximate surface area is 179 Å². The normalized spacial score (nSPS) is 41.4. The molecule has 5 rings (SSSR count). The van der Waals surface area contributed by atoms with Gasteiger partial charge in [0.15, 0.2) is 17.2 Å². The molecule has 1 heterocycles. The zero-order valence-electron chi connectivity index (χ0n) is 18.5. The van der Waals surface area contributed by atoms with E-state index < -0.39 is 5.60 Å². The number of ketones is 1. The molecule has 1 spiro atoms. The monoisotopic (exact) mass is 414 g/mol.